The highest BCUT2D eigenvalue weighted by Crippen LogP contribution is 2.33. The van der Waals surface area contributed by atoms with E-state index in [0.29, 0.717) is 0 Å². The van der Waals surface area contributed by atoms with Gasteiger partial charge in [-0.05, 0) is 0 Å². The normalized spacial score (nSPS) is 15.0. The minimum atomic E-state index is -1.40. The molecule has 1 atom stereocenters. The van der Waals surface area contributed by atoms with Crippen molar-refractivity contribution in [3.8, 4) is 0 Å². The number of hydrogen-bond acceptors (Lipinski definition) is 3. The van der Waals surface area contributed by atoms with Gasteiger partial charge in [0.05, 0.1) is 0 Å². The van der Waals surface area contributed by atoms with Crippen molar-refractivity contribution in [3.63, 3.8) is 0 Å². The van der Waals surface area contributed by atoms with E-state index in [1.165, 1.54) is 7.11 Å². The van der Waals surface area contributed by atoms with Crippen molar-refractivity contribution in [3.05, 3.63) is 0 Å². The SMILES string of the molecule is COP(O)S. The first-order valence-electron chi connectivity index (χ1n) is 0.991. The molecule has 1 N–H and O–H groups in total. The molecule has 0 aromatic carbocycles. The van der Waals surface area contributed by atoms with Gasteiger partial charge in [0.1, 0.15) is 0 Å². The molecule has 0 saturated carbocycles. The standard InChI is InChI=1S/CH5O2PS/c1-3-4(2)5/h2,5H,1H3. The predicted molar refractivity (Wildman–Crippen MR) is 25.1 cm³/mol. The summed E-state index contributed by atoms with van der Waals surface area (Å²) in [5.41, 5.74) is 0. The Bertz CT molecular complexity index is 23.6. The van der Waals surface area contributed by atoms with Crippen LogP contribution in [0.3, 0.4) is 0 Å². The first kappa shape index (κ1) is 5.70. The molecular weight excluding hydrogens is 107 g/mol. The van der Waals surface area contributed by atoms with Gasteiger partial charge >= 0.3 is 0 Å². The maximum absolute atomic E-state index is 8.07. The van der Waals surface area contributed by atoms with E-state index in [4.69, 9.17) is 4.89 Å². The molecule has 32 valence electrons. The minimum Gasteiger partial charge on any atom is -0.342 e. The van der Waals surface area contributed by atoms with Crippen molar-refractivity contribution in [1.29, 1.82) is 0 Å². The maximum atomic E-state index is 8.07. The third-order valence-corrected chi connectivity index (χ3v) is 0.980. The topological polar surface area (TPSA) is 29.5 Å². The molecule has 0 spiro atoms. The quantitative estimate of drug-likeness (QED) is 0.387. The lowest BCUT2D eigenvalue weighted by atomic mass is 11.8. The maximum Gasteiger partial charge on any atom is 0.231 e. The van der Waals surface area contributed by atoms with Crippen LogP contribution in [0.2, 0.25) is 0 Å². The van der Waals surface area contributed by atoms with E-state index in [1.54, 1.807) is 0 Å². The van der Waals surface area contributed by atoms with Gasteiger partial charge in [-0.3, -0.25) is 0 Å². The summed E-state index contributed by atoms with van der Waals surface area (Å²) in [6, 6.07) is 0. The molecule has 0 aromatic heterocycles. The van der Waals surface area contributed by atoms with Gasteiger partial charge in [-0.25, -0.2) is 0 Å². The van der Waals surface area contributed by atoms with E-state index in [0.717, 1.165) is 0 Å². The van der Waals surface area contributed by atoms with Crippen LogP contribution in [-0.4, -0.2) is 12.0 Å². The van der Waals surface area contributed by atoms with Crippen molar-refractivity contribution in [2.45, 2.75) is 0 Å². The fraction of sp³-hybridized carbons (Fsp3) is 1.00. The zero-order valence-corrected chi connectivity index (χ0v) is 4.54. The van der Waals surface area contributed by atoms with E-state index in [1.807, 2.05) is 0 Å². The van der Waals surface area contributed by atoms with E-state index < -0.39 is 7.58 Å². The second-order valence-electron chi connectivity index (χ2n) is 0.435. The van der Waals surface area contributed by atoms with Crippen LogP contribution in [0.15, 0.2) is 0 Å². The lowest BCUT2D eigenvalue weighted by Crippen LogP contribution is -1.59. The van der Waals surface area contributed by atoms with E-state index in [-0.39, 0.29) is 0 Å². The molecular formula is CH5O2PS. The zero-order valence-electron chi connectivity index (χ0n) is 2.75. The molecule has 0 aliphatic carbocycles. The first-order valence-corrected chi connectivity index (χ1v) is 3.36. The average Bonchev–Trinajstić information content (AvgIpc) is 1.38. The zero-order chi connectivity index (χ0) is 4.28. The first-order chi connectivity index (χ1) is 2.27. The Labute approximate surface area is 37.2 Å². The van der Waals surface area contributed by atoms with Crippen molar-refractivity contribution in [2.24, 2.45) is 0 Å². The highest BCUT2D eigenvalue weighted by atomic mass is 32.7. The summed E-state index contributed by atoms with van der Waals surface area (Å²) < 4.78 is 4.23. The van der Waals surface area contributed by atoms with Crippen LogP contribution in [0.25, 0.3) is 0 Å². The number of hydrogen-bond donors (Lipinski definition) is 2. The van der Waals surface area contributed by atoms with Crippen molar-refractivity contribution >= 4 is 19.8 Å². The Kier molecular flexibility index (Phi) is 3.32. The van der Waals surface area contributed by atoms with Gasteiger partial charge in [0.2, 0.25) is 7.58 Å². The average molecular weight is 112 g/mol. The van der Waals surface area contributed by atoms with Gasteiger partial charge in [0.15, 0.2) is 0 Å². The van der Waals surface area contributed by atoms with Crippen LogP contribution < -0.4 is 0 Å². The molecule has 0 aliphatic heterocycles. The second kappa shape index (κ2) is 2.91. The molecule has 0 saturated heterocycles. The Balaban J connectivity index is 2.54. The fourth-order valence-corrected chi connectivity index (χ4v) is 0. The predicted octanol–water partition coefficient (Wildman–Crippen LogP) is 0.782. The van der Waals surface area contributed by atoms with Gasteiger partial charge < -0.3 is 9.42 Å². The highest BCUT2D eigenvalue weighted by Gasteiger charge is 1.83. The second-order valence-corrected chi connectivity index (χ2v) is 2.33. The van der Waals surface area contributed by atoms with Crippen LogP contribution in [0.4, 0.5) is 0 Å². The van der Waals surface area contributed by atoms with Gasteiger partial charge in [0, 0.05) is 7.11 Å². The largest absolute Gasteiger partial charge is 0.342 e. The summed E-state index contributed by atoms with van der Waals surface area (Å²) in [6.07, 6.45) is 0. The Hall–Kier alpha value is 0.700. The summed E-state index contributed by atoms with van der Waals surface area (Å²) in [5, 5.41) is 0. The Morgan fingerprint density at radius 2 is 2.20 bits per heavy atom. The van der Waals surface area contributed by atoms with Crippen LogP contribution >= 0.6 is 19.8 Å². The molecule has 0 bridgehead atoms. The van der Waals surface area contributed by atoms with Gasteiger partial charge in [-0.2, -0.15) is 0 Å². The minimum absolute atomic E-state index is 1.40. The number of rotatable bonds is 1. The lowest BCUT2D eigenvalue weighted by Gasteiger charge is -1.90. The summed E-state index contributed by atoms with van der Waals surface area (Å²) >= 11 is 3.50. The smallest absolute Gasteiger partial charge is 0.231 e. The summed E-state index contributed by atoms with van der Waals surface area (Å²) in [4.78, 5) is 8.07. The lowest BCUT2D eigenvalue weighted by molar-refractivity contribution is 0.408. The van der Waals surface area contributed by atoms with Crippen LogP contribution in [0, 0.1) is 0 Å². The molecule has 0 aliphatic rings. The Morgan fingerprint density at radius 1 is 2.00 bits per heavy atom. The molecule has 0 rings (SSSR count). The molecule has 0 aromatic rings. The summed E-state index contributed by atoms with van der Waals surface area (Å²) in [5.74, 6) is 0. The Morgan fingerprint density at radius 3 is 2.20 bits per heavy atom. The van der Waals surface area contributed by atoms with E-state index in [2.05, 4.69) is 16.8 Å². The van der Waals surface area contributed by atoms with Gasteiger partial charge in [-0.15, -0.1) is 0 Å². The molecule has 0 radical (unpaired) electrons. The molecule has 5 heavy (non-hydrogen) atoms. The van der Waals surface area contributed by atoms with Crippen molar-refractivity contribution in [1.82, 2.24) is 0 Å². The van der Waals surface area contributed by atoms with Crippen LogP contribution in [-0.2, 0) is 4.52 Å². The highest BCUT2D eigenvalue weighted by molar-refractivity contribution is 8.41. The molecule has 0 amide bonds. The van der Waals surface area contributed by atoms with Crippen LogP contribution in [0.1, 0.15) is 0 Å². The monoisotopic (exact) mass is 112 g/mol. The van der Waals surface area contributed by atoms with E-state index in [9.17, 15) is 0 Å². The summed E-state index contributed by atoms with van der Waals surface area (Å²) in [6.45, 7) is 0. The third-order valence-electron chi connectivity index (χ3n) is 0.163. The fourth-order valence-electron chi connectivity index (χ4n) is 0. The van der Waals surface area contributed by atoms with Crippen molar-refractivity contribution in [2.75, 3.05) is 7.11 Å². The van der Waals surface area contributed by atoms with Gasteiger partial charge in [-0.1, -0.05) is 12.2 Å². The molecule has 0 heterocycles. The molecule has 4 heteroatoms. The summed E-state index contributed by atoms with van der Waals surface area (Å²) in [7, 11) is -0.00231. The van der Waals surface area contributed by atoms with E-state index >= 15 is 0 Å². The number of thiol groups is 1. The third kappa shape index (κ3) is 4.70. The molecule has 0 fully saturated rings. The molecule has 2 nitrogen and oxygen atoms in total. The van der Waals surface area contributed by atoms with Crippen molar-refractivity contribution < 1.29 is 9.42 Å². The van der Waals surface area contributed by atoms with Gasteiger partial charge in [0.25, 0.3) is 0 Å². The molecule has 1 unspecified atom stereocenters. The van der Waals surface area contributed by atoms with Crippen LogP contribution in [0.5, 0.6) is 0 Å².